The predicted molar refractivity (Wildman–Crippen MR) is 78.0 cm³/mol. The monoisotopic (exact) mass is 308 g/mol. The molecule has 0 unspecified atom stereocenters. The standard InChI is InChI=1S/C15H17ClN2O3/c1-15(11-6-2-3-7-12(11)16)13(19)18(14(20)17-15)9-10-5-4-8-21-10/h2-3,6-7,10H,4-5,8-9H2,1H3,(H,17,20)/t10-,15+/m1/s1. The molecule has 0 bridgehead atoms. The molecule has 1 aromatic rings. The number of amides is 3. The van der Waals surface area contributed by atoms with Crippen molar-refractivity contribution in [2.75, 3.05) is 13.2 Å². The Morgan fingerprint density at radius 2 is 2.19 bits per heavy atom. The maximum Gasteiger partial charge on any atom is 0.325 e. The molecule has 0 aliphatic carbocycles. The zero-order chi connectivity index (χ0) is 15.0. The van der Waals surface area contributed by atoms with Crippen LogP contribution in [0.25, 0.3) is 0 Å². The summed E-state index contributed by atoms with van der Waals surface area (Å²) in [6.45, 7) is 2.67. The third-order valence-electron chi connectivity index (χ3n) is 4.10. The van der Waals surface area contributed by atoms with Crippen LogP contribution in [-0.2, 0) is 15.1 Å². The number of nitrogens with zero attached hydrogens (tertiary/aromatic N) is 1. The van der Waals surface area contributed by atoms with E-state index in [0.29, 0.717) is 23.7 Å². The number of imide groups is 1. The van der Waals surface area contributed by atoms with Gasteiger partial charge in [0.15, 0.2) is 0 Å². The van der Waals surface area contributed by atoms with E-state index in [9.17, 15) is 9.59 Å². The molecule has 0 spiro atoms. The van der Waals surface area contributed by atoms with Crippen LogP contribution in [0.5, 0.6) is 0 Å². The number of ether oxygens (including phenoxy) is 1. The summed E-state index contributed by atoms with van der Waals surface area (Å²) in [6.07, 6.45) is 1.78. The summed E-state index contributed by atoms with van der Waals surface area (Å²) < 4.78 is 5.51. The van der Waals surface area contributed by atoms with E-state index < -0.39 is 11.6 Å². The quantitative estimate of drug-likeness (QED) is 0.872. The normalized spacial score (nSPS) is 29.0. The fraction of sp³-hybridized carbons (Fsp3) is 0.467. The van der Waals surface area contributed by atoms with Crippen LogP contribution in [0.15, 0.2) is 24.3 Å². The van der Waals surface area contributed by atoms with Crippen LogP contribution in [0, 0.1) is 0 Å². The summed E-state index contributed by atoms with van der Waals surface area (Å²) in [4.78, 5) is 26.1. The van der Waals surface area contributed by atoms with Gasteiger partial charge in [-0.1, -0.05) is 29.8 Å². The highest BCUT2D eigenvalue weighted by Crippen LogP contribution is 2.33. The number of carbonyl (C=O) groups excluding carboxylic acids is 2. The van der Waals surface area contributed by atoms with Gasteiger partial charge in [0.05, 0.1) is 12.6 Å². The van der Waals surface area contributed by atoms with E-state index in [1.807, 2.05) is 0 Å². The molecular formula is C15H17ClN2O3. The topological polar surface area (TPSA) is 58.6 Å². The number of hydrogen-bond donors (Lipinski definition) is 1. The molecule has 0 aromatic heterocycles. The summed E-state index contributed by atoms with van der Waals surface area (Å²) in [5.41, 5.74) is -0.506. The van der Waals surface area contributed by atoms with E-state index in [2.05, 4.69) is 5.32 Å². The summed E-state index contributed by atoms with van der Waals surface area (Å²) in [5.74, 6) is -0.281. The zero-order valence-electron chi connectivity index (χ0n) is 11.8. The van der Waals surface area contributed by atoms with E-state index in [1.54, 1.807) is 31.2 Å². The number of carbonyl (C=O) groups is 2. The number of hydrogen-bond acceptors (Lipinski definition) is 3. The van der Waals surface area contributed by atoms with Gasteiger partial charge in [-0.3, -0.25) is 9.69 Å². The van der Waals surface area contributed by atoms with Crippen LogP contribution >= 0.6 is 11.6 Å². The highest BCUT2D eigenvalue weighted by molar-refractivity contribution is 6.32. The van der Waals surface area contributed by atoms with Crippen LogP contribution in [0.1, 0.15) is 25.3 Å². The molecule has 2 fully saturated rings. The maximum atomic E-state index is 12.7. The second-order valence-electron chi connectivity index (χ2n) is 5.59. The average molecular weight is 309 g/mol. The van der Waals surface area contributed by atoms with Crippen molar-refractivity contribution in [1.29, 1.82) is 0 Å². The first-order valence-corrected chi connectivity index (χ1v) is 7.41. The molecule has 1 aromatic carbocycles. The van der Waals surface area contributed by atoms with Gasteiger partial charge >= 0.3 is 6.03 Å². The molecule has 2 aliphatic heterocycles. The first kappa shape index (κ1) is 14.4. The van der Waals surface area contributed by atoms with Crippen molar-refractivity contribution in [3.63, 3.8) is 0 Å². The molecule has 5 nitrogen and oxygen atoms in total. The van der Waals surface area contributed by atoms with Gasteiger partial charge in [-0.25, -0.2) is 4.79 Å². The molecule has 2 aliphatic rings. The number of benzene rings is 1. The van der Waals surface area contributed by atoms with Gasteiger partial charge in [0.25, 0.3) is 5.91 Å². The third kappa shape index (κ3) is 2.40. The largest absolute Gasteiger partial charge is 0.376 e. The van der Waals surface area contributed by atoms with Crippen LogP contribution in [0.2, 0.25) is 5.02 Å². The number of nitrogens with one attached hydrogen (secondary N) is 1. The minimum atomic E-state index is -1.12. The highest BCUT2D eigenvalue weighted by atomic mass is 35.5. The minimum Gasteiger partial charge on any atom is -0.376 e. The Labute approximate surface area is 128 Å². The Morgan fingerprint density at radius 1 is 1.43 bits per heavy atom. The van der Waals surface area contributed by atoms with Crippen molar-refractivity contribution >= 4 is 23.5 Å². The van der Waals surface area contributed by atoms with Gasteiger partial charge in [0.2, 0.25) is 0 Å². The Hall–Kier alpha value is -1.59. The zero-order valence-corrected chi connectivity index (χ0v) is 12.5. The molecule has 3 rings (SSSR count). The van der Waals surface area contributed by atoms with E-state index in [0.717, 1.165) is 12.8 Å². The number of urea groups is 1. The second kappa shape index (κ2) is 5.31. The van der Waals surface area contributed by atoms with Gasteiger partial charge in [-0.15, -0.1) is 0 Å². The van der Waals surface area contributed by atoms with Crippen molar-refractivity contribution in [1.82, 2.24) is 10.2 Å². The van der Waals surface area contributed by atoms with Gasteiger partial charge in [-0.05, 0) is 25.8 Å². The van der Waals surface area contributed by atoms with Gasteiger partial charge < -0.3 is 10.1 Å². The lowest BCUT2D eigenvalue weighted by molar-refractivity contribution is -0.132. The van der Waals surface area contributed by atoms with Crippen LogP contribution < -0.4 is 5.32 Å². The molecule has 3 amide bonds. The first-order chi connectivity index (χ1) is 10.0. The molecule has 2 saturated heterocycles. The van der Waals surface area contributed by atoms with E-state index in [4.69, 9.17) is 16.3 Å². The maximum absolute atomic E-state index is 12.7. The summed E-state index contributed by atoms with van der Waals surface area (Å²) >= 11 is 6.18. The first-order valence-electron chi connectivity index (χ1n) is 7.03. The number of halogens is 1. The highest BCUT2D eigenvalue weighted by Gasteiger charge is 2.50. The average Bonchev–Trinajstić information content (AvgIpc) is 3.03. The number of rotatable bonds is 3. The van der Waals surface area contributed by atoms with Gasteiger partial charge in [-0.2, -0.15) is 0 Å². The van der Waals surface area contributed by atoms with Crippen molar-refractivity contribution < 1.29 is 14.3 Å². The van der Waals surface area contributed by atoms with Gasteiger partial charge in [0.1, 0.15) is 5.54 Å². The molecule has 21 heavy (non-hydrogen) atoms. The molecule has 0 radical (unpaired) electrons. The molecule has 0 saturated carbocycles. The second-order valence-corrected chi connectivity index (χ2v) is 5.99. The smallest absolute Gasteiger partial charge is 0.325 e. The Kier molecular flexibility index (Phi) is 3.63. The van der Waals surface area contributed by atoms with E-state index in [1.165, 1.54) is 4.90 Å². The lowest BCUT2D eigenvalue weighted by Crippen LogP contribution is -2.42. The summed E-state index contributed by atoms with van der Waals surface area (Å²) in [6, 6.07) is 6.67. The van der Waals surface area contributed by atoms with Crippen molar-refractivity contribution in [3.8, 4) is 0 Å². The van der Waals surface area contributed by atoms with E-state index in [-0.39, 0.29) is 12.0 Å². The Bertz CT molecular complexity index is 586. The predicted octanol–water partition coefficient (Wildman–Crippen LogP) is 2.29. The van der Waals surface area contributed by atoms with Gasteiger partial charge in [0, 0.05) is 17.2 Å². The van der Waals surface area contributed by atoms with Crippen LogP contribution in [0.3, 0.4) is 0 Å². The third-order valence-corrected chi connectivity index (χ3v) is 4.43. The molecule has 2 heterocycles. The minimum absolute atomic E-state index is 0.0618. The SMILES string of the molecule is C[C@@]1(c2ccccc2Cl)NC(=O)N(C[C@H]2CCCO2)C1=O. The Morgan fingerprint density at radius 3 is 2.86 bits per heavy atom. The van der Waals surface area contributed by atoms with Crippen molar-refractivity contribution in [2.45, 2.75) is 31.4 Å². The van der Waals surface area contributed by atoms with Crippen molar-refractivity contribution in [2.24, 2.45) is 0 Å². The van der Waals surface area contributed by atoms with Crippen molar-refractivity contribution in [3.05, 3.63) is 34.9 Å². The fourth-order valence-electron chi connectivity index (χ4n) is 2.90. The molecule has 1 N–H and O–H groups in total. The van der Waals surface area contributed by atoms with Crippen LogP contribution in [-0.4, -0.2) is 36.1 Å². The summed E-state index contributed by atoms with van der Waals surface area (Å²) in [5, 5.41) is 3.22. The summed E-state index contributed by atoms with van der Waals surface area (Å²) in [7, 11) is 0. The molecule has 112 valence electrons. The molecule has 6 heteroatoms. The van der Waals surface area contributed by atoms with Crippen LogP contribution in [0.4, 0.5) is 4.79 Å². The molecule has 2 atom stereocenters. The Balaban J connectivity index is 1.87. The van der Waals surface area contributed by atoms with E-state index >= 15 is 0 Å². The lowest BCUT2D eigenvalue weighted by atomic mass is 9.92. The lowest BCUT2D eigenvalue weighted by Gasteiger charge is -2.24. The molecular weight excluding hydrogens is 292 g/mol. The fourth-order valence-corrected chi connectivity index (χ4v) is 3.23.